The number of hydrogen-bond donors (Lipinski definition) is 1. The number of carbonyl (C=O) groups is 1. The van der Waals surface area contributed by atoms with Crippen molar-refractivity contribution >= 4 is 5.97 Å². The second kappa shape index (κ2) is 7.93. The molecule has 28 heavy (non-hydrogen) atoms. The van der Waals surface area contributed by atoms with Crippen LogP contribution < -0.4 is 4.74 Å². The van der Waals surface area contributed by atoms with E-state index in [0.29, 0.717) is 29.2 Å². The summed E-state index contributed by atoms with van der Waals surface area (Å²) in [6.45, 7) is 4.56. The molecule has 0 saturated carbocycles. The Morgan fingerprint density at radius 1 is 1.14 bits per heavy atom. The van der Waals surface area contributed by atoms with E-state index in [1.165, 1.54) is 12.3 Å². The van der Waals surface area contributed by atoms with Crippen molar-refractivity contribution in [1.82, 2.24) is 4.98 Å². The van der Waals surface area contributed by atoms with Crippen molar-refractivity contribution in [1.29, 1.82) is 5.26 Å². The van der Waals surface area contributed by atoms with Gasteiger partial charge in [0.1, 0.15) is 11.8 Å². The van der Waals surface area contributed by atoms with Gasteiger partial charge in [0.05, 0.1) is 23.4 Å². The first kappa shape index (κ1) is 19.1. The Morgan fingerprint density at radius 3 is 2.57 bits per heavy atom. The largest absolute Gasteiger partial charge is 0.491 e. The van der Waals surface area contributed by atoms with E-state index in [-0.39, 0.29) is 11.0 Å². The molecule has 0 unspecified atom stereocenters. The molecule has 0 fully saturated rings. The molecule has 140 valence electrons. The molecule has 0 saturated heterocycles. The summed E-state index contributed by atoms with van der Waals surface area (Å²) in [5.74, 6) is -0.602. The van der Waals surface area contributed by atoms with Crippen LogP contribution in [0.5, 0.6) is 5.75 Å². The number of aromatic nitrogens is 1. The van der Waals surface area contributed by atoms with Gasteiger partial charge in [0.2, 0.25) is 0 Å². The number of hydrogen-bond acceptors (Lipinski definition) is 4. The third kappa shape index (κ3) is 4.02. The Bertz CT molecular complexity index is 1040. The fourth-order valence-electron chi connectivity index (χ4n) is 2.93. The molecule has 3 aromatic rings. The molecule has 0 amide bonds. The zero-order valence-electron chi connectivity index (χ0n) is 15.7. The van der Waals surface area contributed by atoms with Crippen LogP contribution in [0.4, 0.5) is 0 Å². The van der Waals surface area contributed by atoms with E-state index in [1.807, 2.05) is 30.3 Å². The maximum atomic E-state index is 11.4. The van der Waals surface area contributed by atoms with Crippen LogP contribution in [-0.4, -0.2) is 22.7 Å². The lowest BCUT2D eigenvalue weighted by Gasteiger charge is -2.25. The molecule has 0 atom stereocenters. The van der Waals surface area contributed by atoms with Gasteiger partial charge in [0.25, 0.3) is 0 Å². The summed E-state index contributed by atoms with van der Waals surface area (Å²) >= 11 is 0. The zero-order valence-corrected chi connectivity index (χ0v) is 15.7. The molecule has 2 aromatic carbocycles. The Morgan fingerprint density at radius 2 is 1.89 bits per heavy atom. The van der Waals surface area contributed by atoms with Crippen molar-refractivity contribution in [2.45, 2.75) is 19.3 Å². The summed E-state index contributed by atoms with van der Waals surface area (Å²) in [6.07, 6.45) is 1.53. The standard InChI is InChI=1S/C23H20N2O3/c1-23(2,18-7-4-3-5-8-18)15-28-20-11-10-16(13-17(20)14-24)21-19(22(26)27)9-6-12-25-21/h3-13H,15H2,1-2H3,(H,26,27). The topological polar surface area (TPSA) is 83.2 Å². The number of carboxylic acids is 1. The molecular formula is C23H20N2O3. The Kier molecular flexibility index (Phi) is 5.42. The van der Waals surface area contributed by atoms with E-state index in [2.05, 4.69) is 24.9 Å². The van der Waals surface area contributed by atoms with Crippen LogP contribution >= 0.6 is 0 Å². The smallest absolute Gasteiger partial charge is 0.337 e. The average molecular weight is 372 g/mol. The maximum absolute atomic E-state index is 11.4. The van der Waals surface area contributed by atoms with Crippen molar-refractivity contribution < 1.29 is 14.6 Å². The van der Waals surface area contributed by atoms with Crippen molar-refractivity contribution in [3.8, 4) is 23.1 Å². The van der Waals surface area contributed by atoms with Gasteiger partial charge in [-0.2, -0.15) is 5.26 Å². The summed E-state index contributed by atoms with van der Waals surface area (Å²) in [5, 5.41) is 18.9. The van der Waals surface area contributed by atoms with Crippen molar-refractivity contribution in [2.24, 2.45) is 0 Å². The fraction of sp³-hybridized carbons (Fsp3) is 0.174. The summed E-state index contributed by atoms with van der Waals surface area (Å²) in [4.78, 5) is 15.6. The van der Waals surface area contributed by atoms with Crippen LogP contribution in [0.15, 0.2) is 66.9 Å². The van der Waals surface area contributed by atoms with E-state index in [4.69, 9.17) is 4.74 Å². The van der Waals surface area contributed by atoms with Gasteiger partial charge < -0.3 is 9.84 Å². The van der Waals surface area contributed by atoms with Crippen LogP contribution in [0, 0.1) is 11.3 Å². The quantitative estimate of drug-likeness (QED) is 0.679. The first-order valence-corrected chi connectivity index (χ1v) is 8.83. The van der Waals surface area contributed by atoms with Crippen LogP contribution in [0.2, 0.25) is 0 Å². The maximum Gasteiger partial charge on any atom is 0.337 e. The van der Waals surface area contributed by atoms with E-state index in [1.54, 1.807) is 24.3 Å². The molecule has 5 nitrogen and oxygen atoms in total. The van der Waals surface area contributed by atoms with Crippen molar-refractivity contribution in [3.05, 3.63) is 83.6 Å². The van der Waals surface area contributed by atoms with Crippen molar-refractivity contribution in [2.75, 3.05) is 6.61 Å². The highest BCUT2D eigenvalue weighted by Crippen LogP contribution is 2.29. The van der Waals surface area contributed by atoms with Crippen LogP contribution in [0.25, 0.3) is 11.3 Å². The van der Waals surface area contributed by atoms with Gasteiger partial charge in [0.15, 0.2) is 0 Å². The molecular weight excluding hydrogens is 352 g/mol. The monoisotopic (exact) mass is 372 g/mol. The first-order chi connectivity index (χ1) is 13.4. The molecule has 3 rings (SSSR count). The Hall–Kier alpha value is -3.65. The number of rotatable bonds is 6. The SMILES string of the molecule is CC(C)(COc1ccc(-c2ncccc2C(=O)O)cc1C#N)c1ccccc1. The predicted octanol–water partition coefficient (Wildman–Crippen LogP) is 4.68. The zero-order chi connectivity index (χ0) is 20.1. The van der Waals surface area contributed by atoms with Gasteiger partial charge in [0, 0.05) is 17.2 Å². The minimum Gasteiger partial charge on any atom is -0.491 e. The molecule has 5 heteroatoms. The number of nitriles is 1. The summed E-state index contributed by atoms with van der Waals surface area (Å²) < 4.78 is 5.96. The van der Waals surface area contributed by atoms with Crippen LogP contribution in [0.1, 0.15) is 35.3 Å². The highest BCUT2D eigenvalue weighted by atomic mass is 16.5. The molecule has 0 aliphatic rings. The molecule has 0 radical (unpaired) electrons. The van der Waals surface area contributed by atoms with Gasteiger partial charge in [-0.25, -0.2) is 4.79 Å². The van der Waals surface area contributed by atoms with E-state index in [0.717, 1.165) is 5.56 Å². The average Bonchev–Trinajstić information content (AvgIpc) is 2.72. The predicted molar refractivity (Wildman–Crippen MR) is 106 cm³/mol. The molecule has 0 spiro atoms. The Balaban J connectivity index is 1.87. The van der Waals surface area contributed by atoms with Crippen molar-refractivity contribution in [3.63, 3.8) is 0 Å². The molecule has 0 aliphatic carbocycles. The minimum atomic E-state index is -1.06. The van der Waals surface area contributed by atoms with Gasteiger partial charge in [-0.15, -0.1) is 0 Å². The highest BCUT2D eigenvalue weighted by Gasteiger charge is 2.22. The second-order valence-electron chi connectivity index (χ2n) is 7.07. The molecule has 0 bridgehead atoms. The number of pyridine rings is 1. The highest BCUT2D eigenvalue weighted by molar-refractivity contribution is 5.94. The minimum absolute atomic E-state index is 0.0882. The fourth-order valence-corrected chi connectivity index (χ4v) is 2.93. The lowest BCUT2D eigenvalue weighted by Crippen LogP contribution is -2.26. The summed E-state index contributed by atoms with van der Waals surface area (Å²) in [7, 11) is 0. The lowest BCUT2D eigenvalue weighted by atomic mass is 9.85. The first-order valence-electron chi connectivity index (χ1n) is 8.83. The summed E-state index contributed by atoms with van der Waals surface area (Å²) in [5.41, 5.74) is 2.22. The van der Waals surface area contributed by atoms with Gasteiger partial charge in [-0.3, -0.25) is 4.98 Å². The van der Waals surface area contributed by atoms with Gasteiger partial charge in [-0.1, -0.05) is 44.2 Å². The number of aromatic carboxylic acids is 1. The third-order valence-corrected chi connectivity index (χ3v) is 4.56. The number of nitrogens with zero attached hydrogens (tertiary/aromatic N) is 2. The molecule has 0 aliphatic heterocycles. The molecule has 1 N–H and O–H groups in total. The van der Waals surface area contributed by atoms with Crippen LogP contribution in [0.3, 0.4) is 0 Å². The van der Waals surface area contributed by atoms with E-state index < -0.39 is 5.97 Å². The van der Waals surface area contributed by atoms with Gasteiger partial charge >= 0.3 is 5.97 Å². The van der Waals surface area contributed by atoms with E-state index in [9.17, 15) is 15.2 Å². The normalized spacial score (nSPS) is 10.9. The number of ether oxygens (including phenoxy) is 1. The lowest BCUT2D eigenvalue weighted by molar-refractivity contribution is 0.0697. The van der Waals surface area contributed by atoms with Gasteiger partial charge in [-0.05, 0) is 35.9 Å². The number of benzene rings is 2. The van der Waals surface area contributed by atoms with Crippen LogP contribution in [-0.2, 0) is 5.41 Å². The molecule has 1 heterocycles. The van der Waals surface area contributed by atoms with E-state index >= 15 is 0 Å². The number of carboxylic acid groups (broad SMARTS) is 1. The summed E-state index contributed by atoms with van der Waals surface area (Å²) in [6, 6.07) is 20.2. The second-order valence-corrected chi connectivity index (χ2v) is 7.07. The Labute approximate surface area is 163 Å². The third-order valence-electron chi connectivity index (χ3n) is 4.56. The molecule has 1 aromatic heterocycles.